The van der Waals surface area contributed by atoms with Crippen molar-refractivity contribution in [3.63, 3.8) is 0 Å². The summed E-state index contributed by atoms with van der Waals surface area (Å²) in [7, 11) is 4.21. The van der Waals surface area contributed by atoms with Crippen molar-refractivity contribution in [3.8, 4) is 22.4 Å². The van der Waals surface area contributed by atoms with Gasteiger partial charge in [-0.15, -0.1) is 0 Å². The second-order valence-corrected chi connectivity index (χ2v) is 10.9. The number of fused-ring (bicyclic) bond motifs is 1. The van der Waals surface area contributed by atoms with Gasteiger partial charge in [-0.05, 0) is 58.0 Å². The smallest absolute Gasteiger partial charge is 0.156 e. The van der Waals surface area contributed by atoms with Crippen LogP contribution in [0.4, 0.5) is 0 Å². The van der Waals surface area contributed by atoms with E-state index < -0.39 is 0 Å². The molecule has 2 saturated heterocycles. The highest BCUT2D eigenvalue weighted by molar-refractivity contribution is 5.91. The summed E-state index contributed by atoms with van der Waals surface area (Å²) in [4.78, 5) is 22.8. The molecular formula is C29H38N8O. The van der Waals surface area contributed by atoms with Crippen molar-refractivity contribution in [1.29, 1.82) is 0 Å². The quantitative estimate of drug-likeness (QED) is 0.389. The molecule has 1 N–H and O–H groups in total. The third-order valence-corrected chi connectivity index (χ3v) is 8.06. The molecule has 0 amide bonds. The molecule has 2 aliphatic rings. The van der Waals surface area contributed by atoms with Crippen molar-refractivity contribution >= 4 is 11.2 Å². The average Bonchev–Trinajstić information content (AvgIpc) is 3.60. The molecule has 0 spiro atoms. The van der Waals surface area contributed by atoms with Gasteiger partial charge in [-0.3, -0.25) is 9.67 Å². The van der Waals surface area contributed by atoms with E-state index >= 15 is 0 Å². The number of nitrogens with one attached hydrogen (secondary N) is 1. The van der Waals surface area contributed by atoms with Crippen molar-refractivity contribution in [2.24, 2.45) is 0 Å². The Kier molecular flexibility index (Phi) is 7.23. The maximum atomic E-state index is 5.59. The first-order chi connectivity index (χ1) is 18.6. The number of H-pyrrole nitrogens is 1. The molecule has 2 aliphatic heterocycles. The molecule has 0 aromatic carbocycles. The Morgan fingerprint density at radius 1 is 1.03 bits per heavy atom. The second-order valence-electron chi connectivity index (χ2n) is 10.9. The molecule has 0 radical (unpaired) electrons. The van der Waals surface area contributed by atoms with Crippen molar-refractivity contribution in [1.82, 2.24) is 39.5 Å². The second kappa shape index (κ2) is 10.9. The van der Waals surface area contributed by atoms with E-state index in [1.165, 1.54) is 11.3 Å². The van der Waals surface area contributed by atoms with Crippen molar-refractivity contribution < 1.29 is 4.74 Å². The Morgan fingerprint density at radius 3 is 2.61 bits per heavy atom. The van der Waals surface area contributed by atoms with Crippen LogP contribution in [0.5, 0.6) is 0 Å². The van der Waals surface area contributed by atoms with Gasteiger partial charge >= 0.3 is 0 Å². The number of hydrogen-bond donors (Lipinski definition) is 1. The van der Waals surface area contributed by atoms with Crippen LogP contribution in [-0.4, -0.2) is 86.5 Å². The number of aromatic amines is 1. The van der Waals surface area contributed by atoms with Gasteiger partial charge < -0.3 is 19.5 Å². The van der Waals surface area contributed by atoms with Gasteiger partial charge in [-0.1, -0.05) is 6.92 Å². The number of rotatable bonds is 7. The first-order valence-electron chi connectivity index (χ1n) is 13.9. The lowest BCUT2D eigenvalue weighted by Crippen LogP contribution is -2.34. The van der Waals surface area contributed by atoms with Gasteiger partial charge in [0.15, 0.2) is 5.65 Å². The minimum absolute atomic E-state index is 0.448. The Morgan fingerprint density at radius 2 is 1.84 bits per heavy atom. The zero-order valence-corrected chi connectivity index (χ0v) is 22.7. The molecule has 0 bridgehead atoms. The van der Waals surface area contributed by atoms with E-state index in [1.54, 1.807) is 0 Å². The highest BCUT2D eigenvalue weighted by atomic mass is 16.5. The third-order valence-electron chi connectivity index (χ3n) is 8.06. The summed E-state index contributed by atoms with van der Waals surface area (Å²) >= 11 is 0. The summed E-state index contributed by atoms with van der Waals surface area (Å²) in [5.74, 6) is 0.448. The summed E-state index contributed by atoms with van der Waals surface area (Å²) < 4.78 is 7.74. The third kappa shape index (κ3) is 5.10. The highest BCUT2D eigenvalue weighted by Crippen LogP contribution is 2.33. The first-order valence-corrected chi connectivity index (χ1v) is 13.9. The molecule has 4 aromatic heterocycles. The highest BCUT2D eigenvalue weighted by Gasteiger charge is 2.23. The number of likely N-dealkylation sites (tertiary alicyclic amines) is 1. The fraction of sp³-hybridized carbons (Fsp3) is 0.517. The van der Waals surface area contributed by atoms with Gasteiger partial charge in [-0.2, -0.15) is 5.10 Å². The van der Waals surface area contributed by atoms with Crippen molar-refractivity contribution in [3.05, 3.63) is 48.3 Å². The van der Waals surface area contributed by atoms with Gasteiger partial charge in [0.05, 0.1) is 24.1 Å². The lowest BCUT2D eigenvalue weighted by atomic mass is 9.91. The number of nitrogens with zero attached hydrogens (tertiary/aromatic N) is 7. The van der Waals surface area contributed by atoms with E-state index in [2.05, 4.69) is 52.7 Å². The van der Waals surface area contributed by atoms with Crippen LogP contribution >= 0.6 is 0 Å². The van der Waals surface area contributed by atoms with Gasteiger partial charge in [0.1, 0.15) is 5.52 Å². The van der Waals surface area contributed by atoms with E-state index in [0.29, 0.717) is 12.0 Å². The summed E-state index contributed by atoms with van der Waals surface area (Å²) in [6.07, 6.45) is 14.3. The molecule has 2 fully saturated rings. The Labute approximate surface area is 224 Å². The Balaban J connectivity index is 1.30. The van der Waals surface area contributed by atoms with E-state index in [4.69, 9.17) is 24.8 Å². The molecule has 9 nitrogen and oxygen atoms in total. The number of ether oxygens (including phenoxy) is 1. The normalized spacial score (nSPS) is 18.1. The Bertz CT molecular complexity index is 1380. The van der Waals surface area contributed by atoms with Crippen LogP contribution in [0.3, 0.4) is 0 Å². The number of aromatic nitrogens is 6. The van der Waals surface area contributed by atoms with E-state index in [0.717, 1.165) is 98.6 Å². The minimum atomic E-state index is 0.448. The molecule has 6 heterocycles. The molecule has 0 saturated carbocycles. The maximum absolute atomic E-state index is 5.59. The zero-order valence-electron chi connectivity index (χ0n) is 22.7. The van der Waals surface area contributed by atoms with Crippen molar-refractivity contribution in [2.75, 3.05) is 46.9 Å². The summed E-state index contributed by atoms with van der Waals surface area (Å²) in [5, 5.41) is 4.74. The standard InChI is InChI=1S/C29H38N8O/c1-4-36-9-5-24(6-10-36)37-19-23(15-33-37)25-16-31-29-28(25)34-26(17-32-29)21-13-22(18-35(2)3)27(30-14-21)20-7-11-38-12-8-20/h13-17,19-20,24H,4-12,18H2,1-3H3,(H,31,32). The molecule has 38 heavy (non-hydrogen) atoms. The number of hydrogen-bond acceptors (Lipinski definition) is 7. The van der Waals surface area contributed by atoms with E-state index in [9.17, 15) is 0 Å². The molecular weight excluding hydrogens is 476 g/mol. The molecule has 4 aromatic rings. The average molecular weight is 515 g/mol. The van der Waals surface area contributed by atoms with Crippen LogP contribution in [0.25, 0.3) is 33.5 Å². The minimum Gasteiger partial charge on any atom is -0.381 e. The summed E-state index contributed by atoms with van der Waals surface area (Å²) in [6.45, 7) is 8.08. The molecule has 0 aliphatic carbocycles. The van der Waals surface area contributed by atoms with Crippen LogP contribution in [0.2, 0.25) is 0 Å². The lowest BCUT2D eigenvalue weighted by Gasteiger charge is -2.31. The van der Waals surface area contributed by atoms with Gasteiger partial charge in [0, 0.05) is 79.7 Å². The molecule has 6 rings (SSSR count). The molecule has 0 atom stereocenters. The van der Waals surface area contributed by atoms with Crippen molar-refractivity contribution in [2.45, 2.75) is 51.1 Å². The topological polar surface area (TPSA) is 88.0 Å². The lowest BCUT2D eigenvalue weighted by molar-refractivity contribution is 0.0842. The van der Waals surface area contributed by atoms with Gasteiger partial charge in [0.2, 0.25) is 0 Å². The van der Waals surface area contributed by atoms with Crippen LogP contribution in [0.15, 0.2) is 37.1 Å². The summed E-state index contributed by atoms with van der Waals surface area (Å²) in [5.41, 5.74) is 8.04. The molecule has 200 valence electrons. The van der Waals surface area contributed by atoms with Crippen LogP contribution in [0, 0.1) is 0 Å². The number of pyridine rings is 1. The van der Waals surface area contributed by atoms with E-state index in [1.807, 2.05) is 24.8 Å². The predicted octanol–water partition coefficient (Wildman–Crippen LogP) is 4.50. The first kappa shape index (κ1) is 25.2. The van der Waals surface area contributed by atoms with Crippen LogP contribution in [0.1, 0.15) is 55.8 Å². The Hall–Kier alpha value is -3.14. The maximum Gasteiger partial charge on any atom is 0.156 e. The van der Waals surface area contributed by atoms with Crippen LogP contribution < -0.4 is 0 Å². The fourth-order valence-electron chi connectivity index (χ4n) is 5.89. The van der Waals surface area contributed by atoms with E-state index in [-0.39, 0.29) is 0 Å². The number of piperidine rings is 1. The fourth-order valence-corrected chi connectivity index (χ4v) is 5.89. The summed E-state index contributed by atoms with van der Waals surface area (Å²) in [6, 6.07) is 2.70. The monoisotopic (exact) mass is 514 g/mol. The van der Waals surface area contributed by atoms with Gasteiger partial charge in [0.25, 0.3) is 0 Å². The molecule has 9 heteroatoms. The van der Waals surface area contributed by atoms with Crippen LogP contribution in [-0.2, 0) is 11.3 Å². The zero-order chi connectivity index (χ0) is 26.1. The molecule has 0 unspecified atom stereocenters. The largest absolute Gasteiger partial charge is 0.381 e. The predicted molar refractivity (Wildman–Crippen MR) is 149 cm³/mol. The SMILES string of the molecule is CCN1CCC(n2cc(-c3c[nH]c4ncc(-c5cnc(C6CCOCC6)c(CN(C)C)c5)nc34)cn2)CC1. The van der Waals surface area contributed by atoms with Gasteiger partial charge in [-0.25, -0.2) is 9.97 Å².